The number of hydrogen-bond acceptors (Lipinski definition) is 4. The minimum absolute atomic E-state index is 0.229. The maximum absolute atomic E-state index is 11.8. The van der Waals surface area contributed by atoms with E-state index in [1.54, 1.807) is 17.7 Å². The Labute approximate surface area is 122 Å². The molecule has 2 rings (SSSR count). The molecule has 112 valence electrons. The number of furan rings is 1. The second kappa shape index (κ2) is 6.25. The quantitative estimate of drug-likeness (QED) is 0.829. The molecule has 0 fully saturated rings. The van der Waals surface area contributed by atoms with E-state index in [2.05, 4.69) is 16.0 Å². The summed E-state index contributed by atoms with van der Waals surface area (Å²) in [4.78, 5) is 23.5. The molecule has 0 saturated heterocycles. The van der Waals surface area contributed by atoms with Crippen LogP contribution in [0.2, 0.25) is 0 Å². The highest BCUT2D eigenvalue weighted by molar-refractivity contribution is 5.96. The van der Waals surface area contributed by atoms with Crippen LogP contribution in [0.25, 0.3) is 0 Å². The molecule has 2 heterocycles. The van der Waals surface area contributed by atoms with Gasteiger partial charge in [-0.25, -0.2) is 0 Å². The zero-order valence-electron chi connectivity index (χ0n) is 12.3. The van der Waals surface area contributed by atoms with E-state index >= 15 is 0 Å². The van der Waals surface area contributed by atoms with E-state index in [9.17, 15) is 9.59 Å². The van der Waals surface area contributed by atoms with Gasteiger partial charge >= 0.3 is 0 Å². The first-order valence-corrected chi connectivity index (χ1v) is 6.61. The molecular formula is C14H18N4O3. The fraction of sp³-hybridized carbons (Fsp3) is 0.357. The first kappa shape index (κ1) is 14.8. The fourth-order valence-electron chi connectivity index (χ4n) is 1.99. The Kier molecular flexibility index (Phi) is 4.42. The summed E-state index contributed by atoms with van der Waals surface area (Å²) in [5.74, 6) is -0.179. The van der Waals surface area contributed by atoms with Crippen LogP contribution >= 0.6 is 0 Å². The minimum Gasteiger partial charge on any atom is -0.469 e. The number of nitrogens with zero attached hydrogens (tertiary/aromatic N) is 2. The number of aryl methyl sites for hydroxylation is 4. The van der Waals surface area contributed by atoms with E-state index in [1.807, 2.05) is 19.9 Å². The molecule has 2 N–H and O–H groups in total. The van der Waals surface area contributed by atoms with Gasteiger partial charge in [-0.1, -0.05) is 0 Å². The first-order valence-electron chi connectivity index (χ1n) is 6.61. The Bertz CT molecular complexity index is 657. The highest BCUT2D eigenvalue weighted by Gasteiger charge is 2.12. The lowest BCUT2D eigenvalue weighted by molar-refractivity contribution is -0.122. The SMILES string of the molecule is Cc1cc(C)n(CCC(=O)NNC(=O)c2ccoc2C)n1. The molecule has 7 nitrogen and oxygen atoms in total. The summed E-state index contributed by atoms with van der Waals surface area (Å²) in [6.45, 7) is 5.98. The van der Waals surface area contributed by atoms with Crippen LogP contribution in [0, 0.1) is 20.8 Å². The van der Waals surface area contributed by atoms with Crippen molar-refractivity contribution in [2.24, 2.45) is 0 Å². The number of aromatic nitrogens is 2. The van der Waals surface area contributed by atoms with E-state index in [-0.39, 0.29) is 12.3 Å². The van der Waals surface area contributed by atoms with Gasteiger partial charge in [-0.2, -0.15) is 5.10 Å². The summed E-state index contributed by atoms with van der Waals surface area (Å²) in [5, 5.41) is 4.27. The van der Waals surface area contributed by atoms with Crippen molar-refractivity contribution in [1.29, 1.82) is 0 Å². The normalized spacial score (nSPS) is 10.4. The molecule has 0 radical (unpaired) electrons. The summed E-state index contributed by atoms with van der Waals surface area (Å²) in [6, 6.07) is 3.49. The standard InChI is InChI=1S/C14H18N4O3/c1-9-8-10(2)18(17-9)6-4-13(19)15-16-14(20)12-5-7-21-11(12)3/h5,7-8H,4,6H2,1-3H3,(H,15,19)(H,16,20). The van der Waals surface area contributed by atoms with Crippen LogP contribution < -0.4 is 10.9 Å². The van der Waals surface area contributed by atoms with Gasteiger partial charge in [0, 0.05) is 12.1 Å². The summed E-state index contributed by atoms with van der Waals surface area (Å²) < 4.78 is 6.79. The smallest absolute Gasteiger partial charge is 0.273 e. The van der Waals surface area contributed by atoms with Crippen molar-refractivity contribution in [2.75, 3.05) is 0 Å². The molecule has 0 aliphatic rings. The number of carbonyl (C=O) groups is 2. The Morgan fingerprint density at radius 2 is 2.05 bits per heavy atom. The molecule has 21 heavy (non-hydrogen) atoms. The molecule has 0 unspecified atom stereocenters. The Balaban J connectivity index is 1.79. The molecule has 2 amide bonds. The third kappa shape index (κ3) is 3.71. The van der Waals surface area contributed by atoms with E-state index in [0.717, 1.165) is 11.4 Å². The van der Waals surface area contributed by atoms with Crippen LogP contribution in [0.5, 0.6) is 0 Å². The van der Waals surface area contributed by atoms with Crippen LogP contribution in [0.15, 0.2) is 22.8 Å². The second-order valence-corrected chi connectivity index (χ2v) is 4.79. The van der Waals surface area contributed by atoms with Crippen molar-refractivity contribution in [3.05, 3.63) is 41.1 Å². The van der Waals surface area contributed by atoms with Gasteiger partial charge in [0.25, 0.3) is 5.91 Å². The number of rotatable bonds is 4. The Morgan fingerprint density at radius 3 is 2.62 bits per heavy atom. The molecule has 2 aromatic rings. The maximum Gasteiger partial charge on any atom is 0.273 e. The van der Waals surface area contributed by atoms with Crippen molar-refractivity contribution in [3.8, 4) is 0 Å². The highest BCUT2D eigenvalue weighted by Crippen LogP contribution is 2.07. The van der Waals surface area contributed by atoms with Crippen LogP contribution in [0.3, 0.4) is 0 Å². The summed E-state index contributed by atoms with van der Waals surface area (Å²) in [6.07, 6.45) is 1.65. The molecular weight excluding hydrogens is 272 g/mol. The number of hydrazine groups is 1. The minimum atomic E-state index is -0.402. The zero-order chi connectivity index (χ0) is 15.4. The lowest BCUT2D eigenvalue weighted by Crippen LogP contribution is -2.42. The molecule has 0 aliphatic heterocycles. The van der Waals surface area contributed by atoms with Gasteiger partial charge in [0.2, 0.25) is 5.91 Å². The lowest BCUT2D eigenvalue weighted by atomic mass is 10.2. The zero-order valence-corrected chi connectivity index (χ0v) is 12.3. The van der Waals surface area contributed by atoms with Crippen molar-refractivity contribution < 1.29 is 14.0 Å². The monoisotopic (exact) mass is 290 g/mol. The molecule has 0 aliphatic carbocycles. The van der Waals surface area contributed by atoms with Crippen LogP contribution in [-0.2, 0) is 11.3 Å². The number of hydrogen-bond donors (Lipinski definition) is 2. The van der Waals surface area contributed by atoms with Crippen molar-refractivity contribution in [1.82, 2.24) is 20.6 Å². The average molecular weight is 290 g/mol. The largest absolute Gasteiger partial charge is 0.469 e. The van der Waals surface area contributed by atoms with Gasteiger partial charge in [-0.15, -0.1) is 0 Å². The van der Waals surface area contributed by atoms with Gasteiger partial charge in [-0.3, -0.25) is 25.1 Å². The third-order valence-electron chi connectivity index (χ3n) is 3.07. The predicted molar refractivity (Wildman–Crippen MR) is 75.4 cm³/mol. The highest BCUT2D eigenvalue weighted by atomic mass is 16.3. The van der Waals surface area contributed by atoms with E-state index in [1.165, 1.54) is 6.26 Å². The van der Waals surface area contributed by atoms with Gasteiger partial charge < -0.3 is 4.42 Å². The number of amides is 2. The number of carbonyl (C=O) groups excluding carboxylic acids is 2. The van der Waals surface area contributed by atoms with Crippen LogP contribution in [-0.4, -0.2) is 21.6 Å². The summed E-state index contributed by atoms with van der Waals surface area (Å²) >= 11 is 0. The van der Waals surface area contributed by atoms with Gasteiger partial charge in [0.1, 0.15) is 5.76 Å². The molecule has 0 spiro atoms. The van der Waals surface area contributed by atoms with E-state index in [4.69, 9.17) is 4.42 Å². The Morgan fingerprint density at radius 1 is 1.29 bits per heavy atom. The predicted octanol–water partition coefficient (Wildman–Crippen LogP) is 1.25. The Hall–Kier alpha value is -2.57. The second-order valence-electron chi connectivity index (χ2n) is 4.79. The van der Waals surface area contributed by atoms with Crippen molar-refractivity contribution in [2.45, 2.75) is 33.7 Å². The van der Waals surface area contributed by atoms with E-state index in [0.29, 0.717) is 17.9 Å². The van der Waals surface area contributed by atoms with E-state index < -0.39 is 5.91 Å². The third-order valence-corrected chi connectivity index (χ3v) is 3.07. The molecule has 7 heteroatoms. The maximum atomic E-state index is 11.8. The molecule has 0 saturated carbocycles. The topological polar surface area (TPSA) is 89.2 Å². The molecule has 0 aromatic carbocycles. The first-order chi connectivity index (χ1) is 9.97. The molecule has 0 atom stereocenters. The van der Waals surface area contributed by atoms with Crippen molar-refractivity contribution >= 4 is 11.8 Å². The van der Waals surface area contributed by atoms with Crippen molar-refractivity contribution in [3.63, 3.8) is 0 Å². The van der Waals surface area contributed by atoms with Gasteiger partial charge in [0.15, 0.2) is 0 Å². The van der Waals surface area contributed by atoms with Gasteiger partial charge in [-0.05, 0) is 32.9 Å². The lowest BCUT2D eigenvalue weighted by Gasteiger charge is -2.07. The van der Waals surface area contributed by atoms with Crippen LogP contribution in [0.4, 0.5) is 0 Å². The van der Waals surface area contributed by atoms with Crippen LogP contribution in [0.1, 0.15) is 33.9 Å². The van der Waals surface area contributed by atoms with Gasteiger partial charge in [0.05, 0.1) is 24.1 Å². The summed E-state index contributed by atoms with van der Waals surface area (Å²) in [7, 11) is 0. The molecule has 0 bridgehead atoms. The summed E-state index contributed by atoms with van der Waals surface area (Å²) in [5.41, 5.74) is 7.04. The average Bonchev–Trinajstić information content (AvgIpc) is 2.99. The molecule has 2 aromatic heterocycles. The fourth-order valence-corrected chi connectivity index (χ4v) is 1.99. The number of nitrogens with one attached hydrogen (secondary N) is 2.